The van der Waals surface area contributed by atoms with E-state index in [9.17, 15) is 0 Å². The Labute approximate surface area is 145 Å². The number of benzene rings is 1. The van der Waals surface area contributed by atoms with Crippen molar-refractivity contribution in [2.75, 3.05) is 5.73 Å². The van der Waals surface area contributed by atoms with Crippen LogP contribution in [0, 0.1) is 11.8 Å². The second kappa shape index (κ2) is 11.5. The molecule has 1 heteroatoms. The summed E-state index contributed by atoms with van der Waals surface area (Å²) in [5.74, 6) is 1.60. The van der Waals surface area contributed by atoms with E-state index >= 15 is 0 Å². The third kappa shape index (κ3) is 6.97. The lowest BCUT2D eigenvalue weighted by atomic mass is 9.85. The number of rotatable bonds is 12. The van der Waals surface area contributed by atoms with Gasteiger partial charge in [0.05, 0.1) is 0 Å². The summed E-state index contributed by atoms with van der Waals surface area (Å²) >= 11 is 0. The van der Waals surface area contributed by atoms with Crippen LogP contribution in [0.5, 0.6) is 0 Å². The highest BCUT2D eigenvalue weighted by molar-refractivity contribution is 5.51. The molecule has 0 aliphatic carbocycles. The van der Waals surface area contributed by atoms with Crippen molar-refractivity contribution in [2.45, 2.75) is 91.9 Å². The second-order valence-corrected chi connectivity index (χ2v) is 7.23. The summed E-state index contributed by atoms with van der Waals surface area (Å²) in [6.45, 7) is 9.24. The molecule has 0 spiro atoms. The Hall–Kier alpha value is -0.980. The number of anilines is 1. The van der Waals surface area contributed by atoms with Gasteiger partial charge in [-0.25, -0.2) is 0 Å². The number of nitrogen functional groups attached to an aromatic ring is 1. The molecule has 0 aromatic heterocycles. The normalized spacial score (nSPS) is 13.9. The number of nitrogens with two attached hydrogens (primary N) is 1. The summed E-state index contributed by atoms with van der Waals surface area (Å²) in [4.78, 5) is 0. The zero-order valence-corrected chi connectivity index (χ0v) is 16.0. The molecule has 0 fully saturated rings. The Balaban J connectivity index is 2.85. The van der Waals surface area contributed by atoms with E-state index in [2.05, 4.69) is 45.9 Å². The molecule has 0 radical (unpaired) electrons. The number of hydrogen-bond donors (Lipinski definition) is 1. The van der Waals surface area contributed by atoms with Crippen LogP contribution < -0.4 is 5.73 Å². The first-order chi connectivity index (χ1) is 11.2. The van der Waals surface area contributed by atoms with E-state index in [1.807, 2.05) is 0 Å². The van der Waals surface area contributed by atoms with Crippen LogP contribution in [0.1, 0.15) is 90.2 Å². The summed E-state index contributed by atoms with van der Waals surface area (Å²) in [5, 5.41) is 0. The fourth-order valence-corrected chi connectivity index (χ4v) is 3.58. The Morgan fingerprint density at radius 3 is 1.91 bits per heavy atom. The van der Waals surface area contributed by atoms with Gasteiger partial charge in [0.15, 0.2) is 0 Å². The molecule has 2 N–H and O–H groups in total. The van der Waals surface area contributed by atoms with Crippen molar-refractivity contribution in [1.82, 2.24) is 0 Å². The molecule has 0 aliphatic rings. The molecule has 2 atom stereocenters. The minimum Gasteiger partial charge on any atom is -0.398 e. The van der Waals surface area contributed by atoms with Crippen LogP contribution in [-0.2, 0) is 12.8 Å². The van der Waals surface area contributed by atoms with Crippen molar-refractivity contribution < 1.29 is 0 Å². The molecule has 0 heterocycles. The molecular formula is C22H39N. The molecule has 1 aromatic carbocycles. The molecule has 0 saturated carbocycles. The highest BCUT2D eigenvalue weighted by Crippen LogP contribution is 2.28. The average molecular weight is 318 g/mol. The largest absolute Gasteiger partial charge is 0.398 e. The van der Waals surface area contributed by atoms with Crippen LogP contribution in [0.4, 0.5) is 5.69 Å². The van der Waals surface area contributed by atoms with Gasteiger partial charge in [0.1, 0.15) is 0 Å². The van der Waals surface area contributed by atoms with Crippen LogP contribution in [0.15, 0.2) is 18.2 Å². The Morgan fingerprint density at radius 1 is 0.826 bits per heavy atom. The second-order valence-electron chi connectivity index (χ2n) is 7.23. The minimum atomic E-state index is 0.786. The van der Waals surface area contributed by atoms with Crippen LogP contribution in [0.3, 0.4) is 0 Å². The summed E-state index contributed by atoms with van der Waals surface area (Å²) in [6, 6.07) is 6.57. The molecule has 1 rings (SSSR count). The van der Waals surface area contributed by atoms with Gasteiger partial charge < -0.3 is 5.73 Å². The van der Waals surface area contributed by atoms with E-state index in [1.54, 1.807) is 0 Å². The fraction of sp³-hybridized carbons (Fsp3) is 0.727. The van der Waals surface area contributed by atoms with E-state index in [1.165, 1.54) is 75.3 Å². The summed E-state index contributed by atoms with van der Waals surface area (Å²) in [6.07, 6.45) is 12.9. The first kappa shape index (κ1) is 20.1. The number of unbranched alkanes of at least 4 members (excludes halogenated alkanes) is 2. The first-order valence-electron chi connectivity index (χ1n) is 10.0. The third-order valence-corrected chi connectivity index (χ3v) is 5.40. The molecule has 0 aliphatic heterocycles. The van der Waals surface area contributed by atoms with Crippen molar-refractivity contribution in [1.29, 1.82) is 0 Å². The Bertz CT molecular complexity index is 424. The standard InChI is InChI=1S/C22H39N/c1-5-9-12-18(7-3)16-20-14-11-15-22(23)21(20)17-19(8-4)13-10-6-2/h11,14-15,18-19H,5-10,12-13,16-17,23H2,1-4H3. The summed E-state index contributed by atoms with van der Waals surface area (Å²) in [7, 11) is 0. The van der Waals surface area contributed by atoms with Crippen LogP contribution >= 0.6 is 0 Å². The molecule has 132 valence electrons. The lowest BCUT2D eigenvalue weighted by molar-refractivity contribution is 0.435. The van der Waals surface area contributed by atoms with Gasteiger partial charge >= 0.3 is 0 Å². The van der Waals surface area contributed by atoms with Gasteiger partial charge in [-0.3, -0.25) is 0 Å². The van der Waals surface area contributed by atoms with Crippen LogP contribution in [0.2, 0.25) is 0 Å². The Kier molecular flexibility index (Phi) is 10.1. The van der Waals surface area contributed by atoms with Crippen molar-refractivity contribution in [3.63, 3.8) is 0 Å². The molecule has 1 aromatic rings. The fourth-order valence-electron chi connectivity index (χ4n) is 3.58. The Morgan fingerprint density at radius 2 is 1.39 bits per heavy atom. The van der Waals surface area contributed by atoms with E-state index in [0.717, 1.165) is 17.5 Å². The predicted molar refractivity (Wildman–Crippen MR) is 105 cm³/mol. The zero-order valence-electron chi connectivity index (χ0n) is 16.0. The van der Waals surface area contributed by atoms with Crippen molar-refractivity contribution in [3.8, 4) is 0 Å². The van der Waals surface area contributed by atoms with Gasteiger partial charge in [-0.15, -0.1) is 0 Å². The quantitative estimate of drug-likeness (QED) is 0.422. The van der Waals surface area contributed by atoms with E-state index in [-0.39, 0.29) is 0 Å². The maximum Gasteiger partial charge on any atom is 0.0349 e. The zero-order chi connectivity index (χ0) is 17.1. The SMILES string of the molecule is CCCCC(CC)Cc1cccc(N)c1CC(CC)CCCC. The molecule has 23 heavy (non-hydrogen) atoms. The van der Waals surface area contributed by atoms with Gasteiger partial charge in [0, 0.05) is 5.69 Å². The first-order valence-corrected chi connectivity index (χ1v) is 10.0. The highest BCUT2D eigenvalue weighted by Gasteiger charge is 2.15. The molecular weight excluding hydrogens is 278 g/mol. The van der Waals surface area contributed by atoms with Crippen molar-refractivity contribution in [3.05, 3.63) is 29.3 Å². The van der Waals surface area contributed by atoms with E-state index in [0.29, 0.717) is 0 Å². The lowest BCUT2D eigenvalue weighted by Gasteiger charge is -2.21. The summed E-state index contributed by atoms with van der Waals surface area (Å²) < 4.78 is 0. The maximum absolute atomic E-state index is 6.37. The highest BCUT2D eigenvalue weighted by atomic mass is 14.6. The summed E-state index contributed by atoms with van der Waals surface area (Å²) in [5.41, 5.74) is 10.4. The van der Waals surface area contributed by atoms with Gasteiger partial charge in [-0.2, -0.15) is 0 Å². The molecule has 0 bridgehead atoms. The average Bonchev–Trinajstić information content (AvgIpc) is 2.57. The van der Waals surface area contributed by atoms with E-state index < -0.39 is 0 Å². The third-order valence-electron chi connectivity index (χ3n) is 5.40. The van der Waals surface area contributed by atoms with Crippen LogP contribution in [0.25, 0.3) is 0 Å². The maximum atomic E-state index is 6.37. The van der Waals surface area contributed by atoms with Crippen molar-refractivity contribution in [2.24, 2.45) is 11.8 Å². The van der Waals surface area contributed by atoms with Gasteiger partial charge in [0.25, 0.3) is 0 Å². The number of hydrogen-bond acceptors (Lipinski definition) is 1. The molecule has 0 amide bonds. The predicted octanol–water partition coefficient (Wildman–Crippen LogP) is 6.79. The van der Waals surface area contributed by atoms with E-state index in [4.69, 9.17) is 5.73 Å². The smallest absolute Gasteiger partial charge is 0.0349 e. The van der Waals surface area contributed by atoms with Gasteiger partial charge in [-0.05, 0) is 41.9 Å². The van der Waals surface area contributed by atoms with Crippen molar-refractivity contribution >= 4 is 5.69 Å². The molecule has 0 saturated heterocycles. The van der Waals surface area contributed by atoms with Crippen LogP contribution in [-0.4, -0.2) is 0 Å². The molecule has 2 unspecified atom stereocenters. The lowest BCUT2D eigenvalue weighted by Crippen LogP contribution is -2.11. The molecule has 1 nitrogen and oxygen atoms in total. The monoisotopic (exact) mass is 317 g/mol. The minimum absolute atomic E-state index is 0.786. The van der Waals surface area contributed by atoms with Gasteiger partial charge in [0.2, 0.25) is 0 Å². The van der Waals surface area contributed by atoms with Gasteiger partial charge in [-0.1, -0.05) is 91.2 Å². The topological polar surface area (TPSA) is 26.0 Å².